The van der Waals surface area contributed by atoms with Crippen LogP contribution in [0.3, 0.4) is 0 Å². The number of aromatic nitrogens is 2. The topological polar surface area (TPSA) is 51.0 Å². The monoisotopic (exact) mass is 387 g/mol. The van der Waals surface area contributed by atoms with Crippen LogP contribution >= 0.6 is 34.5 Å². The van der Waals surface area contributed by atoms with Crippen molar-refractivity contribution < 1.29 is 4.42 Å². The van der Waals surface area contributed by atoms with Gasteiger partial charge in [0.15, 0.2) is 10.9 Å². The molecule has 0 bridgehead atoms. The Bertz CT molecular complexity index is 1010. The molecule has 0 spiro atoms. The zero-order valence-corrected chi connectivity index (χ0v) is 15.1. The Morgan fingerprint density at radius 1 is 1.00 bits per heavy atom. The summed E-state index contributed by atoms with van der Waals surface area (Å²) in [6.07, 6.45) is 1.73. The third kappa shape index (κ3) is 3.54. The van der Waals surface area contributed by atoms with Crippen LogP contribution in [-0.2, 0) is 0 Å². The van der Waals surface area contributed by atoms with Gasteiger partial charge in [-0.2, -0.15) is 0 Å². The van der Waals surface area contributed by atoms with E-state index in [1.165, 1.54) is 11.3 Å². The van der Waals surface area contributed by atoms with Gasteiger partial charge in [0.1, 0.15) is 17.3 Å². The quantitative estimate of drug-likeness (QED) is 0.433. The number of thiazole rings is 1. The highest BCUT2D eigenvalue weighted by Gasteiger charge is 2.13. The molecule has 7 heteroatoms. The first-order valence-corrected chi connectivity index (χ1v) is 9.02. The molecule has 124 valence electrons. The van der Waals surface area contributed by atoms with Gasteiger partial charge in [0, 0.05) is 22.2 Å². The number of hydrogen-bond donors (Lipinski definition) is 1. The molecule has 0 saturated carbocycles. The molecule has 25 heavy (non-hydrogen) atoms. The third-order valence-electron chi connectivity index (χ3n) is 3.46. The Kier molecular flexibility index (Phi) is 4.44. The Labute approximate surface area is 158 Å². The molecule has 0 aliphatic rings. The lowest BCUT2D eigenvalue weighted by atomic mass is 10.2. The first-order valence-electron chi connectivity index (χ1n) is 7.38. The second-order valence-electron chi connectivity index (χ2n) is 5.17. The van der Waals surface area contributed by atoms with E-state index in [2.05, 4.69) is 15.3 Å². The number of nitrogens with zero attached hydrogens (tertiary/aromatic N) is 2. The Hall–Kier alpha value is -2.34. The van der Waals surface area contributed by atoms with Crippen LogP contribution in [0.15, 0.2) is 64.5 Å². The summed E-state index contributed by atoms with van der Waals surface area (Å²) in [7, 11) is 0. The zero-order valence-electron chi connectivity index (χ0n) is 12.7. The lowest BCUT2D eigenvalue weighted by Crippen LogP contribution is -1.91. The number of nitrogens with one attached hydrogen (secondary N) is 1. The van der Waals surface area contributed by atoms with Crippen molar-refractivity contribution >= 4 is 45.5 Å². The minimum Gasteiger partial charge on any atom is -0.454 e. The van der Waals surface area contributed by atoms with Gasteiger partial charge in [-0.25, -0.2) is 9.97 Å². The van der Waals surface area contributed by atoms with E-state index in [1.54, 1.807) is 24.4 Å². The minimum atomic E-state index is 0.584. The Balaban J connectivity index is 1.59. The highest BCUT2D eigenvalue weighted by Crippen LogP contribution is 2.35. The summed E-state index contributed by atoms with van der Waals surface area (Å²) in [4.78, 5) is 8.76. The van der Waals surface area contributed by atoms with E-state index in [-0.39, 0.29) is 0 Å². The summed E-state index contributed by atoms with van der Waals surface area (Å²) < 4.78 is 5.91. The second kappa shape index (κ2) is 6.88. The molecule has 0 amide bonds. The molecule has 3 aromatic heterocycles. The summed E-state index contributed by atoms with van der Waals surface area (Å²) in [5, 5.41) is 7.02. The second-order valence-corrected chi connectivity index (χ2v) is 6.87. The van der Waals surface area contributed by atoms with E-state index < -0.39 is 0 Å². The largest absolute Gasteiger partial charge is 0.454 e. The molecule has 0 radical (unpaired) electrons. The molecular weight excluding hydrogens is 377 g/mol. The van der Waals surface area contributed by atoms with Crippen LogP contribution in [0.1, 0.15) is 0 Å². The predicted octanol–water partition coefficient (Wildman–Crippen LogP) is 6.52. The summed E-state index contributed by atoms with van der Waals surface area (Å²) in [6.45, 7) is 0. The molecule has 0 fully saturated rings. The van der Waals surface area contributed by atoms with Crippen LogP contribution in [0, 0.1) is 0 Å². The lowest BCUT2D eigenvalue weighted by molar-refractivity contribution is 0.595. The molecule has 3 heterocycles. The van der Waals surface area contributed by atoms with Crippen LogP contribution in [-0.4, -0.2) is 9.97 Å². The Morgan fingerprint density at radius 2 is 1.88 bits per heavy atom. The molecule has 0 unspecified atom stereocenters. The maximum Gasteiger partial charge on any atom is 0.188 e. The molecule has 0 aliphatic heterocycles. The van der Waals surface area contributed by atoms with E-state index >= 15 is 0 Å². The highest BCUT2D eigenvalue weighted by molar-refractivity contribution is 7.14. The summed E-state index contributed by atoms with van der Waals surface area (Å²) in [6, 6.07) is 14.7. The van der Waals surface area contributed by atoms with Gasteiger partial charge in [0.25, 0.3) is 0 Å². The smallest absolute Gasteiger partial charge is 0.188 e. The standard InChI is InChI=1S/C18H11Cl2N3OS/c19-11-4-5-13(20)12(9-11)15-6-7-16(24-15)14-10-25-18(22-14)23-17-3-1-2-8-21-17/h1-10H,(H,21,22,23). The van der Waals surface area contributed by atoms with Crippen molar-refractivity contribution in [1.29, 1.82) is 0 Å². The van der Waals surface area contributed by atoms with Crippen molar-refractivity contribution in [2.24, 2.45) is 0 Å². The first-order chi connectivity index (χ1) is 12.2. The van der Waals surface area contributed by atoms with Crippen LogP contribution in [0.5, 0.6) is 0 Å². The van der Waals surface area contributed by atoms with E-state index in [0.29, 0.717) is 21.6 Å². The van der Waals surface area contributed by atoms with Crippen molar-refractivity contribution in [3.8, 4) is 22.8 Å². The van der Waals surface area contributed by atoms with Gasteiger partial charge in [0.05, 0.1) is 5.02 Å². The molecule has 4 aromatic rings. The van der Waals surface area contributed by atoms with Gasteiger partial charge in [-0.05, 0) is 42.5 Å². The van der Waals surface area contributed by atoms with Crippen LogP contribution in [0.25, 0.3) is 22.8 Å². The number of benzene rings is 1. The van der Waals surface area contributed by atoms with E-state index in [4.69, 9.17) is 27.6 Å². The van der Waals surface area contributed by atoms with Gasteiger partial charge < -0.3 is 9.73 Å². The van der Waals surface area contributed by atoms with Gasteiger partial charge in [0.2, 0.25) is 0 Å². The molecule has 0 saturated heterocycles. The summed E-state index contributed by atoms with van der Waals surface area (Å²) in [5.41, 5.74) is 1.50. The summed E-state index contributed by atoms with van der Waals surface area (Å²) >= 11 is 13.8. The van der Waals surface area contributed by atoms with Crippen molar-refractivity contribution in [2.75, 3.05) is 5.32 Å². The fourth-order valence-corrected chi connectivity index (χ4v) is 3.39. The highest BCUT2D eigenvalue weighted by atomic mass is 35.5. The number of pyridine rings is 1. The fourth-order valence-electron chi connectivity index (χ4n) is 2.30. The van der Waals surface area contributed by atoms with E-state index in [1.807, 2.05) is 35.7 Å². The zero-order chi connectivity index (χ0) is 17.2. The average Bonchev–Trinajstić information content (AvgIpc) is 3.27. The van der Waals surface area contributed by atoms with Crippen molar-refractivity contribution in [3.05, 3.63) is 70.2 Å². The number of rotatable bonds is 4. The molecule has 0 aliphatic carbocycles. The van der Waals surface area contributed by atoms with Crippen molar-refractivity contribution in [1.82, 2.24) is 9.97 Å². The van der Waals surface area contributed by atoms with Gasteiger partial charge in [-0.1, -0.05) is 29.3 Å². The van der Waals surface area contributed by atoms with Crippen LogP contribution in [0.4, 0.5) is 10.9 Å². The molecule has 4 rings (SSSR count). The minimum absolute atomic E-state index is 0.584. The molecular formula is C18H11Cl2N3OS. The number of furan rings is 1. The third-order valence-corrected chi connectivity index (χ3v) is 4.78. The van der Waals surface area contributed by atoms with Gasteiger partial charge in [-0.15, -0.1) is 11.3 Å². The SMILES string of the molecule is Clc1ccc(Cl)c(-c2ccc(-c3csc(Nc4ccccn4)n3)o2)c1. The number of hydrogen-bond acceptors (Lipinski definition) is 5. The average molecular weight is 388 g/mol. The molecule has 4 nitrogen and oxygen atoms in total. The van der Waals surface area contributed by atoms with Crippen LogP contribution in [0.2, 0.25) is 10.0 Å². The molecule has 1 N–H and O–H groups in total. The molecule has 0 atom stereocenters. The van der Waals surface area contributed by atoms with Crippen molar-refractivity contribution in [3.63, 3.8) is 0 Å². The predicted molar refractivity (Wildman–Crippen MR) is 103 cm³/mol. The maximum absolute atomic E-state index is 6.23. The first kappa shape index (κ1) is 16.1. The van der Waals surface area contributed by atoms with E-state index in [9.17, 15) is 0 Å². The van der Waals surface area contributed by atoms with Gasteiger partial charge in [-0.3, -0.25) is 0 Å². The Morgan fingerprint density at radius 3 is 2.72 bits per heavy atom. The van der Waals surface area contributed by atoms with Crippen LogP contribution < -0.4 is 5.32 Å². The number of anilines is 2. The van der Waals surface area contributed by atoms with E-state index in [0.717, 1.165) is 22.2 Å². The van der Waals surface area contributed by atoms with Crippen molar-refractivity contribution in [2.45, 2.75) is 0 Å². The summed E-state index contributed by atoms with van der Waals surface area (Å²) in [5.74, 6) is 2.06. The number of halogens is 2. The lowest BCUT2D eigenvalue weighted by Gasteiger charge is -2.01. The van der Waals surface area contributed by atoms with Gasteiger partial charge >= 0.3 is 0 Å². The maximum atomic E-state index is 6.23. The fraction of sp³-hybridized carbons (Fsp3) is 0. The normalized spacial score (nSPS) is 10.8. The molecule has 1 aromatic carbocycles.